The largest absolute Gasteiger partial charge is 0.388 e. The number of aryl methyl sites for hydroxylation is 1. The van der Waals surface area contributed by atoms with Gasteiger partial charge in [-0.25, -0.2) is 4.39 Å². The molecule has 1 aromatic rings. The van der Waals surface area contributed by atoms with Crippen molar-refractivity contribution in [3.05, 3.63) is 35.1 Å². The van der Waals surface area contributed by atoms with Gasteiger partial charge in [-0.05, 0) is 60.8 Å². The summed E-state index contributed by atoms with van der Waals surface area (Å²) in [5.74, 6) is 1.67. The van der Waals surface area contributed by atoms with Crippen molar-refractivity contribution in [1.82, 2.24) is 0 Å². The van der Waals surface area contributed by atoms with Gasteiger partial charge in [0.25, 0.3) is 0 Å². The van der Waals surface area contributed by atoms with E-state index in [1.54, 1.807) is 6.07 Å². The van der Waals surface area contributed by atoms with Crippen molar-refractivity contribution in [3.63, 3.8) is 0 Å². The molecule has 3 rings (SSSR count). The van der Waals surface area contributed by atoms with Crippen molar-refractivity contribution in [2.24, 2.45) is 17.8 Å². The van der Waals surface area contributed by atoms with Crippen molar-refractivity contribution >= 4 is 0 Å². The Bertz CT molecular complexity index is 417. The molecule has 1 aromatic carbocycles. The molecule has 0 bridgehead atoms. The molecule has 1 nitrogen and oxygen atoms in total. The van der Waals surface area contributed by atoms with Crippen LogP contribution in [0.5, 0.6) is 0 Å². The van der Waals surface area contributed by atoms with Crippen LogP contribution in [0.1, 0.15) is 42.9 Å². The summed E-state index contributed by atoms with van der Waals surface area (Å²) in [7, 11) is 0. The second-order valence-electron chi connectivity index (χ2n) is 5.64. The smallest absolute Gasteiger partial charge is 0.123 e. The number of rotatable bonds is 2. The zero-order chi connectivity index (χ0) is 12.0. The van der Waals surface area contributed by atoms with Crippen LogP contribution in [0.15, 0.2) is 18.2 Å². The van der Waals surface area contributed by atoms with Crippen LogP contribution in [0.2, 0.25) is 0 Å². The number of halogens is 1. The van der Waals surface area contributed by atoms with Gasteiger partial charge in [0.2, 0.25) is 0 Å². The predicted octanol–water partition coefficient (Wildman–Crippen LogP) is 3.60. The number of fused-ring (bicyclic) bond motifs is 1. The number of aliphatic hydroxyl groups is 1. The van der Waals surface area contributed by atoms with E-state index < -0.39 is 0 Å². The molecule has 2 aliphatic rings. The van der Waals surface area contributed by atoms with Gasteiger partial charge in [-0.2, -0.15) is 0 Å². The molecule has 17 heavy (non-hydrogen) atoms. The molecule has 3 unspecified atom stereocenters. The molecule has 1 N–H and O–H groups in total. The van der Waals surface area contributed by atoms with Gasteiger partial charge in [0.05, 0.1) is 6.10 Å². The zero-order valence-corrected chi connectivity index (χ0v) is 10.2. The Labute approximate surface area is 102 Å². The van der Waals surface area contributed by atoms with Gasteiger partial charge in [-0.1, -0.05) is 18.9 Å². The summed E-state index contributed by atoms with van der Waals surface area (Å²) in [6.45, 7) is 1.88. The highest BCUT2D eigenvalue weighted by Crippen LogP contribution is 2.60. The molecule has 0 spiro atoms. The lowest BCUT2D eigenvalue weighted by atomic mass is 9.98. The van der Waals surface area contributed by atoms with Crippen LogP contribution in [0, 0.1) is 30.5 Å². The zero-order valence-electron chi connectivity index (χ0n) is 10.2. The standard InChI is InChI=1S/C15H19FO/c1-9-8-10(16)6-7-11(9)15(17)14-12-4-2-3-5-13(12)14/h6-8,12-15,17H,2-5H2,1H3. The molecule has 0 heterocycles. The van der Waals surface area contributed by atoms with E-state index in [1.807, 2.05) is 6.92 Å². The third-order valence-electron chi connectivity index (χ3n) is 4.64. The first kappa shape index (κ1) is 11.2. The van der Waals surface area contributed by atoms with E-state index in [4.69, 9.17) is 0 Å². The van der Waals surface area contributed by atoms with E-state index in [9.17, 15) is 9.50 Å². The SMILES string of the molecule is Cc1cc(F)ccc1C(O)C1C2CCCCC21. The number of aliphatic hydroxyl groups excluding tert-OH is 1. The lowest BCUT2D eigenvalue weighted by Crippen LogP contribution is -2.04. The van der Waals surface area contributed by atoms with Gasteiger partial charge < -0.3 is 5.11 Å². The van der Waals surface area contributed by atoms with Crippen molar-refractivity contribution in [3.8, 4) is 0 Å². The minimum atomic E-state index is -0.385. The molecule has 2 saturated carbocycles. The minimum absolute atomic E-state index is 0.216. The third kappa shape index (κ3) is 1.89. The Morgan fingerprint density at radius 3 is 2.47 bits per heavy atom. The molecule has 92 valence electrons. The first-order valence-corrected chi connectivity index (χ1v) is 6.62. The fourth-order valence-corrected chi connectivity index (χ4v) is 3.69. The Morgan fingerprint density at radius 1 is 1.24 bits per heavy atom. The quantitative estimate of drug-likeness (QED) is 0.829. The molecule has 0 radical (unpaired) electrons. The summed E-state index contributed by atoms with van der Waals surface area (Å²) in [5.41, 5.74) is 1.80. The van der Waals surface area contributed by atoms with E-state index >= 15 is 0 Å². The third-order valence-corrected chi connectivity index (χ3v) is 4.64. The lowest BCUT2D eigenvalue weighted by molar-refractivity contribution is 0.141. The topological polar surface area (TPSA) is 20.2 Å². The summed E-state index contributed by atoms with van der Waals surface area (Å²) in [6, 6.07) is 4.72. The van der Waals surface area contributed by atoms with Crippen molar-refractivity contribution in [1.29, 1.82) is 0 Å². The molecule has 0 aliphatic heterocycles. The first-order chi connectivity index (χ1) is 8.18. The van der Waals surface area contributed by atoms with Crippen molar-refractivity contribution < 1.29 is 9.50 Å². The van der Waals surface area contributed by atoms with Crippen LogP contribution in [0.4, 0.5) is 4.39 Å². The summed E-state index contributed by atoms with van der Waals surface area (Å²) in [4.78, 5) is 0. The van der Waals surface area contributed by atoms with Gasteiger partial charge in [0.1, 0.15) is 5.82 Å². The molecule has 0 amide bonds. The van der Waals surface area contributed by atoms with Gasteiger partial charge in [-0.3, -0.25) is 0 Å². The molecule has 2 aliphatic carbocycles. The Kier molecular flexibility index (Phi) is 2.70. The van der Waals surface area contributed by atoms with E-state index in [-0.39, 0.29) is 11.9 Å². The highest BCUT2D eigenvalue weighted by atomic mass is 19.1. The molecule has 0 saturated heterocycles. The summed E-state index contributed by atoms with van der Waals surface area (Å²) in [5, 5.41) is 10.4. The van der Waals surface area contributed by atoms with E-state index in [2.05, 4.69) is 0 Å². The summed E-state index contributed by atoms with van der Waals surface area (Å²) < 4.78 is 13.0. The highest BCUT2D eigenvalue weighted by molar-refractivity contribution is 5.30. The fourth-order valence-electron chi connectivity index (χ4n) is 3.69. The second kappa shape index (κ2) is 4.09. The Hall–Kier alpha value is -0.890. The molecule has 0 aromatic heterocycles. The molecule has 2 heteroatoms. The number of hydrogen-bond acceptors (Lipinski definition) is 1. The molecular weight excluding hydrogens is 215 g/mol. The van der Waals surface area contributed by atoms with Gasteiger partial charge in [0, 0.05) is 0 Å². The van der Waals surface area contributed by atoms with Crippen LogP contribution in [0.3, 0.4) is 0 Å². The van der Waals surface area contributed by atoms with Gasteiger partial charge in [0.15, 0.2) is 0 Å². The van der Waals surface area contributed by atoms with Crippen molar-refractivity contribution in [2.75, 3.05) is 0 Å². The van der Waals surface area contributed by atoms with Gasteiger partial charge >= 0.3 is 0 Å². The minimum Gasteiger partial charge on any atom is -0.388 e. The van der Waals surface area contributed by atoms with Crippen LogP contribution in [0.25, 0.3) is 0 Å². The predicted molar refractivity (Wildman–Crippen MR) is 65.0 cm³/mol. The van der Waals surface area contributed by atoms with E-state index in [0.29, 0.717) is 5.92 Å². The maximum absolute atomic E-state index is 13.0. The normalized spacial score (nSPS) is 33.0. The fraction of sp³-hybridized carbons (Fsp3) is 0.600. The number of hydrogen-bond donors (Lipinski definition) is 1. The average molecular weight is 234 g/mol. The summed E-state index contributed by atoms with van der Waals surface area (Å²) >= 11 is 0. The highest BCUT2D eigenvalue weighted by Gasteiger charge is 2.54. The average Bonchev–Trinajstić information content (AvgIpc) is 3.02. The van der Waals surface area contributed by atoms with Crippen LogP contribution >= 0.6 is 0 Å². The molecule has 2 fully saturated rings. The second-order valence-corrected chi connectivity index (χ2v) is 5.64. The maximum atomic E-state index is 13.0. The van der Waals surface area contributed by atoms with E-state index in [0.717, 1.165) is 23.0 Å². The lowest BCUT2D eigenvalue weighted by Gasteiger charge is -2.13. The molecular formula is C15H19FO. The maximum Gasteiger partial charge on any atom is 0.123 e. The monoisotopic (exact) mass is 234 g/mol. The van der Waals surface area contributed by atoms with Gasteiger partial charge in [-0.15, -0.1) is 0 Å². The Morgan fingerprint density at radius 2 is 1.88 bits per heavy atom. The Balaban J connectivity index is 1.80. The summed E-state index contributed by atoms with van der Waals surface area (Å²) in [6.07, 6.45) is 4.78. The van der Waals surface area contributed by atoms with Crippen LogP contribution < -0.4 is 0 Å². The van der Waals surface area contributed by atoms with Crippen molar-refractivity contribution in [2.45, 2.75) is 38.7 Å². The first-order valence-electron chi connectivity index (χ1n) is 6.62. The van der Waals surface area contributed by atoms with Crippen LogP contribution in [-0.2, 0) is 0 Å². The number of benzene rings is 1. The molecule has 3 atom stereocenters. The van der Waals surface area contributed by atoms with Crippen LogP contribution in [-0.4, -0.2) is 5.11 Å². The van der Waals surface area contributed by atoms with E-state index in [1.165, 1.54) is 37.8 Å².